The first-order chi connectivity index (χ1) is 13.2. The van der Waals surface area contributed by atoms with Gasteiger partial charge in [-0.05, 0) is 19.8 Å². The summed E-state index contributed by atoms with van der Waals surface area (Å²) in [5.74, 6) is 3.58. The highest BCUT2D eigenvalue weighted by molar-refractivity contribution is 5.76. The van der Waals surface area contributed by atoms with Crippen LogP contribution in [0.4, 0.5) is 0 Å². The second-order valence-electron chi connectivity index (χ2n) is 7.49. The van der Waals surface area contributed by atoms with Crippen molar-refractivity contribution in [3.05, 3.63) is 29.9 Å². The van der Waals surface area contributed by atoms with Gasteiger partial charge in [0.2, 0.25) is 5.91 Å². The van der Waals surface area contributed by atoms with Crippen molar-refractivity contribution >= 4 is 5.91 Å². The van der Waals surface area contributed by atoms with Gasteiger partial charge in [0.25, 0.3) is 0 Å². The lowest BCUT2D eigenvalue weighted by Crippen LogP contribution is -2.41. The zero-order chi connectivity index (χ0) is 18.8. The van der Waals surface area contributed by atoms with Crippen LogP contribution in [0.2, 0.25) is 0 Å². The predicted molar refractivity (Wildman–Crippen MR) is 99.2 cm³/mol. The summed E-state index contributed by atoms with van der Waals surface area (Å²) in [5, 5.41) is 8.90. The van der Waals surface area contributed by atoms with E-state index in [2.05, 4.69) is 38.2 Å². The first kappa shape index (κ1) is 18.2. The Labute approximate surface area is 159 Å². The molecule has 1 amide bonds. The molecular weight excluding hydrogens is 344 g/mol. The van der Waals surface area contributed by atoms with Crippen molar-refractivity contribution in [2.75, 3.05) is 19.8 Å². The van der Waals surface area contributed by atoms with Crippen LogP contribution < -0.4 is 0 Å². The maximum Gasteiger partial charge on any atom is 0.224 e. The van der Waals surface area contributed by atoms with Gasteiger partial charge in [0.1, 0.15) is 11.6 Å². The molecule has 4 heterocycles. The van der Waals surface area contributed by atoms with Crippen molar-refractivity contribution in [1.82, 2.24) is 29.2 Å². The number of carbonyl (C=O) groups excluding carboxylic acids is 1. The quantitative estimate of drug-likeness (QED) is 0.801. The van der Waals surface area contributed by atoms with Gasteiger partial charge in [-0.1, -0.05) is 6.92 Å². The van der Waals surface area contributed by atoms with E-state index in [0.29, 0.717) is 32.0 Å². The molecule has 0 saturated carbocycles. The monoisotopic (exact) mass is 372 g/mol. The number of rotatable bonds is 5. The fourth-order valence-corrected chi connectivity index (χ4v) is 4.22. The smallest absolute Gasteiger partial charge is 0.224 e. The number of hydrogen-bond acceptors (Lipinski definition) is 5. The van der Waals surface area contributed by atoms with E-state index in [4.69, 9.17) is 4.74 Å². The number of amides is 1. The van der Waals surface area contributed by atoms with Gasteiger partial charge in [0, 0.05) is 57.5 Å². The van der Waals surface area contributed by atoms with Gasteiger partial charge in [-0.15, -0.1) is 10.2 Å². The minimum absolute atomic E-state index is 0.166. The van der Waals surface area contributed by atoms with Crippen LogP contribution >= 0.6 is 0 Å². The fraction of sp³-hybridized carbons (Fsp3) is 0.684. The first-order valence-electron chi connectivity index (χ1n) is 9.96. The average molecular weight is 372 g/mol. The Kier molecular flexibility index (Phi) is 5.24. The number of aromatic nitrogens is 5. The van der Waals surface area contributed by atoms with Crippen molar-refractivity contribution in [3.8, 4) is 0 Å². The molecule has 2 aromatic rings. The number of nitrogens with zero attached hydrogens (tertiary/aromatic N) is 6. The summed E-state index contributed by atoms with van der Waals surface area (Å²) in [6, 6.07) is 0.199. The van der Waals surface area contributed by atoms with E-state index in [-0.39, 0.29) is 11.9 Å². The summed E-state index contributed by atoms with van der Waals surface area (Å²) in [6.07, 6.45) is 7.10. The largest absolute Gasteiger partial charge is 0.381 e. The highest BCUT2D eigenvalue weighted by Gasteiger charge is 2.32. The predicted octanol–water partition coefficient (Wildman–Crippen LogP) is 1.92. The number of imidazole rings is 1. The summed E-state index contributed by atoms with van der Waals surface area (Å²) >= 11 is 0. The van der Waals surface area contributed by atoms with E-state index in [1.165, 1.54) is 0 Å². The van der Waals surface area contributed by atoms with Gasteiger partial charge in [-0.3, -0.25) is 4.79 Å². The molecule has 2 aliphatic heterocycles. The maximum absolute atomic E-state index is 12.8. The van der Waals surface area contributed by atoms with E-state index in [0.717, 1.165) is 49.9 Å². The molecule has 0 spiro atoms. The van der Waals surface area contributed by atoms with E-state index in [1.54, 1.807) is 6.20 Å². The van der Waals surface area contributed by atoms with Crippen LogP contribution in [0.3, 0.4) is 0 Å². The third-order valence-electron chi connectivity index (χ3n) is 5.67. The van der Waals surface area contributed by atoms with E-state index in [1.807, 2.05) is 11.1 Å². The molecule has 0 unspecified atom stereocenters. The van der Waals surface area contributed by atoms with Gasteiger partial charge in [0.05, 0.1) is 12.6 Å². The summed E-state index contributed by atoms with van der Waals surface area (Å²) in [5.41, 5.74) is 0. The Balaban J connectivity index is 1.42. The molecule has 2 aliphatic rings. The normalized spacial score (nSPS) is 20.7. The van der Waals surface area contributed by atoms with Crippen LogP contribution in [0.1, 0.15) is 62.5 Å². The van der Waals surface area contributed by atoms with E-state index in [9.17, 15) is 4.79 Å². The Morgan fingerprint density at radius 1 is 1.30 bits per heavy atom. The number of fused-ring (bicyclic) bond motifs is 1. The van der Waals surface area contributed by atoms with Crippen LogP contribution in [0.5, 0.6) is 0 Å². The molecule has 8 heteroatoms. The Morgan fingerprint density at radius 2 is 2.11 bits per heavy atom. The molecule has 0 aliphatic carbocycles. The van der Waals surface area contributed by atoms with Crippen LogP contribution in [0.15, 0.2) is 12.4 Å². The number of aryl methyl sites for hydroxylation is 2. The molecule has 1 fully saturated rings. The molecule has 0 radical (unpaired) electrons. The van der Waals surface area contributed by atoms with E-state index >= 15 is 0 Å². The zero-order valence-corrected chi connectivity index (χ0v) is 16.2. The molecule has 146 valence electrons. The highest BCUT2D eigenvalue weighted by atomic mass is 16.5. The second-order valence-corrected chi connectivity index (χ2v) is 7.49. The van der Waals surface area contributed by atoms with Crippen molar-refractivity contribution in [2.24, 2.45) is 0 Å². The minimum Gasteiger partial charge on any atom is -0.381 e. The molecule has 8 nitrogen and oxygen atoms in total. The Morgan fingerprint density at radius 3 is 2.89 bits per heavy atom. The summed E-state index contributed by atoms with van der Waals surface area (Å²) in [7, 11) is 0. The molecule has 0 aromatic carbocycles. The summed E-state index contributed by atoms with van der Waals surface area (Å²) in [4.78, 5) is 19.0. The standard InChI is InChI=1S/C19H28N6O2/c1-3-16-20-7-9-23(16)8-4-18(26)24-12-14(2)25-17(13-24)21-22-19(25)15-5-10-27-11-6-15/h7,9,14-15H,3-6,8,10-13H2,1-2H3/t14-/m0/s1. The SMILES string of the molecule is CCc1nccn1CCC(=O)N1Cc2nnc(C3CCOCC3)n2[C@@H](C)C1. The number of hydrogen-bond donors (Lipinski definition) is 0. The lowest BCUT2D eigenvalue weighted by atomic mass is 9.99. The third kappa shape index (κ3) is 3.63. The molecule has 27 heavy (non-hydrogen) atoms. The summed E-state index contributed by atoms with van der Waals surface area (Å²) < 4.78 is 9.80. The van der Waals surface area contributed by atoms with Crippen molar-refractivity contribution in [3.63, 3.8) is 0 Å². The van der Waals surface area contributed by atoms with Crippen molar-refractivity contribution in [1.29, 1.82) is 0 Å². The third-order valence-corrected chi connectivity index (χ3v) is 5.67. The molecule has 4 rings (SSSR count). The highest BCUT2D eigenvalue weighted by Crippen LogP contribution is 2.30. The number of carbonyl (C=O) groups is 1. The first-order valence-corrected chi connectivity index (χ1v) is 9.96. The van der Waals surface area contributed by atoms with Crippen LogP contribution in [-0.2, 0) is 29.0 Å². The molecule has 2 aromatic heterocycles. The van der Waals surface area contributed by atoms with Crippen molar-refractivity contribution in [2.45, 2.75) is 64.6 Å². The topological polar surface area (TPSA) is 78.1 Å². The fourth-order valence-electron chi connectivity index (χ4n) is 4.22. The molecule has 0 N–H and O–H groups in total. The maximum atomic E-state index is 12.8. The van der Waals surface area contributed by atoms with Crippen LogP contribution in [0.25, 0.3) is 0 Å². The van der Waals surface area contributed by atoms with Gasteiger partial charge >= 0.3 is 0 Å². The van der Waals surface area contributed by atoms with Crippen molar-refractivity contribution < 1.29 is 9.53 Å². The lowest BCUT2D eigenvalue weighted by molar-refractivity contribution is -0.133. The average Bonchev–Trinajstić information content (AvgIpc) is 3.33. The molecule has 1 atom stereocenters. The second kappa shape index (κ2) is 7.80. The van der Waals surface area contributed by atoms with Crippen LogP contribution in [0, 0.1) is 0 Å². The number of ether oxygens (including phenoxy) is 1. The van der Waals surface area contributed by atoms with Crippen LogP contribution in [-0.4, -0.2) is 54.9 Å². The lowest BCUT2D eigenvalue weighted by Gasteiger charge is -2.34. The Bertz CT molecular complexity index is 792. The summed E-state index contributed by atoms with van der Waals surface area (Å²) in [6.45, 7) is 7.75. The van der Waals surface area contributed by atoms with Gasteiger partial charge in [-0.2, -0.15) is 0 Å². The Hall–Kier alpha value is -2.22. The van der Waals surface area contributed by atoms with Gasteiger partial charge < -0.3 is 18.8 Å². The van der Waals surface area contributed by atoms with E-state index < -0.39 is 0 Å². The molecule has 1 saturated heterocycles. The zero-order valence-electron chi connectivity index (χ0n) is 16.2. The van der Waals surface area contributed by atoms with Gasteiger partial charge in [0.15, 0.2) is 5.82 Å². The minimum atomic E-state index is 0.166. The van der Waals surface area contributed by atoms with Gasteiger partial charge in [-0.25, -0.2) is 4.98 Å². The molecule has 0 bridgehead atoms. The molecular formula is C19H28N6O2.